The van der Waals surface area contributed by atoms with Gasteiger partial charge in [-0.2, -0.15) is 0 Å². The molecule has 0 aliphatic heterocycles. The summed E-state index contributed by atoms with van der Waals surface area (Å²) in [4.78, 5) is 31.3. The SMILES string of the molecule is CCC(C)N(CC(=O)N(Cc1ccc(F)cc1)Cc1sccc1C)C(=O)c1ccc(C)cc1. The van der Waals surface area contributed by atoms with Crippen LogP contribution in [0.15, 0.2) is 60.0 Å². The molecule has 0 fully saturated rings. The average molecular weight is 467 g/mol. The Morgan fingerprint density at radius 3 is 2.21 bits per heavy atom. The predicted molar refractivity (Wildman–Crippen MR) is 132 cm³/mol. The number of hydrogen-bond acceptors (Lipinski definition) is 3. The van der Waals surface area contributed by atoms with Crippen LogP contribution in [-0.4, -0.2) is 34.2 Å². The highest BCUT2D eigenvalue weighted by Gasteiger charge is 2.26. The highest BCUT2D eigenvalue weighted by atomic mass is 32.1. The summed E-state index contributed by atoms with van der Waals surface area (Å²) < 4.78 is 13.4. The number of amides is 2. The van der Waals surface area contributed by atoms with Gasteiger partial charge in [-0.25, -0.2) is 4.39 Å². The molecule has 0 radical (unpaired) electrons. The Hall–Kier alpha value is -2.99. The van der Waals surface area contributed by atoms with Crippen LogP contribution in [0.3, 0.4) is 0 Å². The van der Waals surface area contributed by atoms with E-state index in [9.17, 15) is 14.0 Å². The normalized spacial score (nSPS) is 11.8. The van der Waals surface area contributed by atoms with Crippen molar-refractivity contribution < 1.29 is 14.0 Å². The highest BCUT2D eigenvalue weighted by molar-refractivity contribution is 7.10. The lowest BCUT2D eigenvalue weighted by Gasteiger charge is -2.31. The summed E-state index contributed by atoms with van der Waals surface area (Å²) in [6.07, 6.45) is 0.743. The van der Waals surface area contributed by atoms with Gasteiger partial charge in [-0.1, -0.05) is 36.8 Å². The van der Waals surface area contributed by atoms with Gasteiger partial charge in [0.15, 0.2) is 0 Å². The third-order valence-electron chi connectivity index (χ3n) is 5.93. The molecule has 3 rings (SSSR count). The molecule has 0 spiro atoms. The van der Waals surface area contributed by atoms with Crippen LogP contribution in [0.25, 0.3) is 0 Å². The summed E-state index contributed by atoms with van der Waals surface area (Å²) in [5.41, 5.74) is 3.63. The molecule has 0 bridgehead atoms. The van der Waals surface area contributed by atoms with Crippen LogP contribution in [0.2, 0.25) is 0 Å². The Kier molecular flexibility index (Phi) is 8.39. The molecule has 174 valence electrons. The van der Waals surface area contributed by atoms with Crippen molar-refractivity contribution >= 4 is 23.2 Å². The van der Waals surface area contributed by atoms with Crippen molar-refractivity contribution in [1.29, 1.82) is 0 Å². The number of halogens is 1. The van der Waals surface area contributed by atoms with Crippen molar-refractivity contribution in [3.05, 3.63) is 92.9 Å². The van der Waals surface area contributed by atoms with E-state index in [1.807, 2.05) is 63.4 Å². The van der Waals surface area contributed by atoms with Gasteiger partial charge in [0.2, 0.25) is 5.91 Å². The quantitative estimate of drug-likeness (QED) is 0.390. The van der Waals surface area contributed by atoms with Crippen LogP contribution in [0.1, 0.15) is 52.2 Å². The van der Waals surface area contributed by atoms with Gasteiger partial charge in [-0.3, -0.25) is 9.59 Å². The molecule has 1 aromatic heterocycles. The largest absolute Gasteiger partial charge is 0.332 e. The van der Waals surface area contributed by atoms with E-state index in [1.54, 1.807) is 33.3 Å². The minimum Gasteiger partial charge on any atom is -0.332 e. The summed E-state index contributed by atoms with van der Waals surface area (Å²) in [5.74, 6) is -0.586. The fraction of sp³-hybridized carbons (Fsp3) is 0.333. The van der Waals surface area contributed by atoms with E-state index in [0.29, 0.717) is 18.7 Å². The number of thiophene rings is 1. The van der Waals surface area contributed by atoms with Gasteiger partial charge in [0.1, 0.15) is 12.4 Å². The van der Waals surface area contributed by atoms with Crippen molar-refractivity contribution in [3.63, 3.8) is 0 Å². The van der Waals surface area contributed by atoms with Gasteiger partial charge in [0.05, 0.1) is 6.54 Å². The lowest BCUT2D eigenvalue weighted by atomic mass is 10.1. The minimum absolute atomic E-state index is 0.00661. The molecule has 4 nitrogen and oxygen atoms in total. The molecule has 1 heterocycles. The van der Waals surface area contributed by atoms with Crippen LogP contribution in [-0.2, 0) is 17.9 Å². The maximum atomic E-state index is 13.5. The topological polar surface area (TPSA) is 40.6 Å². The highest BCUT2D eigenvalue weighted by Crippen LogP contribution is 2.21. The summed E-state index contributed by atoms with van der Waals surface area (Å²) in [5, 5.41) is 2.01. The van der Waals surface area contributed by atoms with Crippen molar-refractivity contribution in [1.82, 2.24) is 9.80 Å². The van der Waals surface area contributed by atoms with Crippen LogP contribution in [0.5, 0.6) is 0 Å². The molecule has 0 N–H and O–H groups in total. The average Bonchev–Trinajstić information content (AvgIpc) is 3.22. The maximum absolute atomic E-state index is 13.5. The van der Waals surface area contributed by atoms with E-state index < -0.39 is 0 Å². The summed E-state index contributed by atoms with van der Waals surface area (Å²) in [6, 6.07) is 15.6. The third-order valence-corrected chi connectivity index (χ3v) is 6.94. The van der Waals surface area contributed by atoms with Gasteiger partial charge < -0.3 is 9.80 Å². The zero-order valence-electron chi connectivity index (χ0n) is 19.7. The smallest absolute Gasteiger partial charge is 0.254 e. The van der Waals surface area contributed by atoms with Gasteiger partial charge in [0.25, 0.3) is 5.91 Å². The minimum atomic E-state index is -0.308. The van der Waals surface area contributed by atoms with Crippen LogP contribution in [0, 0.1) is 19.7 Å². The number of rotatable bonds is 9. The summed E-state index contributed by atoms with van der Waals surface area (Å²) >= 11 is 1.61. The third kappa shape index (κ3) is 6.51. The first-order valence-corrected chi connectivity index (χ1v) is 12.1. The van der Waals surface area contributed by atoms with E-state index in [4.69, 9.17) is 0 Å². The second kappa shape index (κ2) is 11.2. The second-order valence-corrected chi connectivity index (χ2v) is 9.46. The first-order chi connectivity index (χ1) is 15.8. The van der Waals surface area contributed by atoms with Crippen molar-refractivity contribution in [3.8, 4) is 0 Å². The Bertz CT molecular complexity index is 1080. The number of hydrogen-bond donors (Lipinski definition) is 0. The standard InChI is InChI=1S/C27H31FN2O2S/c1-5-21(4)30(27(32)23-10-6-19(2)7-11-23)18-26(31)29(17-25-20(3)14-15-33-25)16-22-8-12-24(28)13-9-22/h6-15,21H,5,16-18H2,1-4H3. The zero-order valence-corrected chi connectivity index (χ0v) is 20.5. The Balaban J connectivity index is 1.84. The molecule has 1 atom stereocenters. The molecule has 0 saturated heterocycles. The zero-order chi connectivity index (χ0) is 24.0. The van der Waals surface area contributed by atoms with Gasteiger partial charge >= 0.3 is 0 Å². The van der Waals surface area contributed by atoms with E-state index in [-0.39, 0.29) is 30.2 Å². The van der Waals surface area contributed by atoms with E-state index in [1.165, 1.54) is 12.1 Å². The molecule has 2 aromatic carbocycles. The molecule has 0 aliphatic rings. The lowest BCUT2D eigenvalue weighted by Crippen LogP contribution is -2.46. The fourth-order valence-corrected chi connectivity index (χ4v) is 4.46. The van der Waals surface area contributed by atoms with E-state index in [2.05, 4.69) is 0 Å². The number of nitrogens with zero attached hydrogens (tertiary/aromatic N) is 2. The van der Waals surface area contributed by atoms with Crippen LogP contribution >= 0.6 is 11.3 Å². The molecular formula is C27H31FN2O2S. The molecule has 1 unspecified atom stereocenters. The van der Waals surface area contributed by atoms with Crippen molar-refractivity contribution in [2.75, 3.05) is 6.54 Å². The molecule has 6 heteroatoms. The fourth-order valence-electron chi connectivity index (χ4n) is 3.54. The Morgan fingerprint density at radius 2 is 1.64 bits per heavy atom. The molecule has 3 aromatic rings. The monoisotopic (exact) mass is 466 g/mol. The predicted octanol–water partition coefficient (Wildman–Crippen LogP) is 5.97. The number of carbonyl (C=O) groups is 2. The molecule has 2 amide bonds. The number of benzene rings is 2. The Morgan fingerprint density at radius 1 is 0.970 bits per heavy atom. The maximum Gasteiger partial charge on any atom is 0.254 e. The van der Waals surface area contributed by atoms with Gasteiger partial charge in [0, 0.05) is 23.0 Å². The molecule has 0 aliphatic carbocycles. The van der Waals surface area contributed by atoms with Gasteiger partial charge in [-0.05, 0) is 74.0 Å². The molecule has 33 heavy (non-hydrogen) atoms. The molecule has 0 saturated carbocycles. The van der Waals surface area contributed by atoms with Crippen molar-refractivity contribution in [2.24, 2.45) is 0 Å². The summed E-state index contributed by atoms with van der Waals surface area (Å²) in [7, 11) is 0. The second-order valence-electron chi connectivity index (χ2n) is 8.46. The number of aryl methyl sites for hydroxylation is 2. The van der Waals surface area contributed by atoms with Gasteiger partial charge in [-0.15, -0.1) is 11.3 Å². The lowest BCUT2D eigenvalue weighted by molar-refractivity contribution is -0.133. The first kappa shape index (κ1) is 24.6. The Labute approximate surface area is 199 Å². The van der Waals surface area contributed by atoms with Crippen LogP contribution < -0.4 is 0 Å². The van der Waals surface area contributed by atoms with Crippen molar-refractivity contribution in [2.45, 2.75) is 53.2 Å². The number of carbonyl (C=O) groups excluding carboxylic acids is 2. The van der Waals surface area contributed by atoms with Crippen LogP contribution in [0.4, 0.5) is 4.39 Å². The van der Waals surface area contributed by atoms with E-state index >= 15 is 0 Å². The van der Waals surface area contributed by atoms with E-state index in [0.717, 1.165) is 28.0 Å². The summed E-state index contributed by atoms with van der Waals surface area (Å²) in [6.45, 7) is 8.77. The first-order valence-electron chi connectivity index (χ1n) is 11.2. The molecular weight excluding hydrogens is 435 g/mol.